The van der Waals surface area contributed by atoms with Gasteiger partial charge in [-0.15, -0.1) is 11.3 Å². The third-order valence-corrected chi connectivity index (χ3v) is 4.15. The highest BCUT2D eigenvalue weighted by Gasteiger charge is 2.10. The average Bonchev–Trinajstić information content (AvgIpc) is 3.06. The van der Waals surface area contributed by atoms with Gasteiger partial charge in [-0.3, -0.25) is 9.20 Å². The normalized spacial score (nSPS) is 11.3. The number of fused-ring (bicyclic) bond motifs is 1. The van der Waals surface area contributed by atoms with E-state index in [0.717, 1.165) is 10.6 Å². The van der Waals surface area contributed by atoms with Gasteiger partial charge in [-0.05, 0) is 18.2 Å². The van der Waals surface area contributed by atoms with Crippen LogP contribution >= 0.6 is 22.9 Å². The molecule has 0 aliphatic heterocycles. The minimum atomic E-state index is -0.123. The first-order valence-corrected chi connectivity index (χ1v) is 7.54. The predicted octanol–water partition coefficient (Wildman–Crippen LogP) is 3.73. The van der Waals surface area contributed by atoms with E-state index in [1.54, 1.807) is 18.0 Å². The van der Waals surface area contributed by atoms with Gasteiger partial charge in [0, 0.05) is 30.4 Å². The van der Waals surface area contributed by atoms with Gasteiger partial charge in [-0.2, -0.15) is 0 Å². The molecule has 3 aromatic rings. The first-order chi connectivity index (χ1) is 10.2. The lowest BCUT2D eigenvalue weighted by atomic mass is 10.3. The van der Waals surface area contributed by atoms with Crippen LogP contribution in [-0.2, 0) is 4.79 Å². The van der Waals surface area contributed by atoms with E-state index >= 15 is 0 Å². The molecule has 0 bridgehead atoms. The van der Waals surface area contributed by atoms with E-state index in [4.69, 9.17) is 11.6 Å². The SMILES string of the molecule is CN(C(=O)/C=C/c1c(Cl)nc2sccn12)c1ccccc1. The maximum atomic E-state index is 12.2. The lowest BCUT2D eigenvalue weighted by Crippen LogP contribution is -2.23. The van der Waals surface area contributed by atoms with Crippen molar-refractivity contribution >= 4 is 45.6 Å². The number of rotatable bonds is 3. The van der Waals surface area contributed by atoms with Gasteiger partial charge >= 0.3 is 0 Å². The Morgan fingerprint density at radius 3 is 2.90 bits per heavy atom. The second-order valence-electron chi connectivity index (χ2n) is 4.41. The molecule has 0 fully saturated rings. The van der Waals surface area contributed by atoms with Crippen LogP contribution in [0.4, 0.5) is 5.69 Å². The Bertz CT molecular complexity index is 807. The summed E-state index contributed by atoms with van der Waals surface area (Å²) in [5, 5.41) is 2.32. The number of likely N-dealkylation sites (N-methyl/N-ethyl adjacent to an activating group) is 1. The summed E-state index contributed by atoms with van der Waals surface area (Å²) in [5.74, 6) is -0.123. The molecule has 0 radical (unpaired) electrons. The van der Waals surface area contributed by atoms with Gasteiger partial charge in [0.2, 0.25) is 0 Å². The van der Waals surface area contributed by atoms with Gasteiger partial charge in [0.1, 0.15) is 0 Å². The number of nitrogens with zero attached hydrogens (tertiary/aromatic N) is 3. The molecule has 1 aromatic carbocycles. The summed E-state index contributed by atoms with van der Waals surface area (Å²) >= 11 is 7.59. The molecule has 3 rings (SSSR count). The summed E-state index contributed by atoms with van der Waals surface area (Å²) in [6.45, 7) is 0. The molecule has 0 unspecified atom stereocenters. The molecule has 0 saturated heterocycles. The van der Waals surface area contributed by atoms with Gasteiger partial charge in [0.05, 0.1) is 5.69 Å². The van der Waals surface area contributed by atoms with Crippen molar-refractivity contribution in [1.29, 1.82) is 0 Å². The summed E-state index contributed by atoms with van der Waals surface area (Å²) in [5.41, 5.74) is 1.55. The van der Waals surface area contributed by atoms with Crippen LogP contribution in [0.5, 0.6) is 0 Å². The highest BCUT2D eigenvalue weighted by Crippen LogP contribution is 2.22. The van der Waals surface area contributed by atoms with Crippen LogP contribution in [0.15, 0.2) is 48.0 Å². The Morgan fingerprint density at radius 2 is 2.14 bits per heavy atom. The van der Waals surface area contributed by atoms with Crippen molar-refractivity contribution in [1.82, 2.24) is 9.38 Å². The number of hydrogen-bond acceptors (Lipinski definition) is 3. The Balaban J connectivity index is 1.84. The van der Waals surface area contributed by atoms with Crippen molar-refractivity contribution in [2.75, 3.05) is 11.9 Å². The maximum absolute atomic E-state index is 12.2. The smallest absolute Gasteiger partial charge is 0.250 e. The molecule has 0 spiro atoms. The van der Waals surface area contributed by atoms with E-state index in [9.17, 15) is 4.79 Å². The fraction of sp³-hybridized carbons (Fsp3) is 0.0667. The van der Waals surface area contributed by atoms with E-state index in [2.05, 4.69) is 4.98 Å². The van der Waals surface area contributed by atoms with Crippen molar-refractivity contribution in [3.05, 3.63) is 58.8 Å². The molecule has 2 heterocycles. The fourth-order valence-corrected chi connectivity index (χ4v) is 2.97. The maximum Gasteiger partial charge on any atom is 0.250 e. The quantitative estimate of drug-likeness (QED) is 0.690. The number of aromatic nitrogens is 2. The van der Waals surface area contributed by atoms with Crippen LogP contribution in [-0.4, -0.2) is 22.3 Å². The van der Waals surface area contributed by atoms with Gasteiger partial charge in [0.25, 0.3) is 5.91 Å². The number of anilines is 1. The molecule has 0 N–H and O–H groups in total. The molecular formula is C15H12ClN3OS. The van der Waals surface area contributed by atoms with Crippen LogP contribution in [0.3, 0.4) is 0 Å². The fourth-order valence-electron chi connectivity index (χ4n) is 1.97. The molecule has 2 aromatic heterocycles. The number of imidazole rings is 1. The topological polar surface area (TPSA) is 37.6 Å². The number of para-hydroxylation sites is 1. The summed E-state index contributed by atoms with van der Waals surface area (Å²) in [6.07, 6.45) is 5.07. The van der Waals surface area contributed by atoms with Crippen molar-refractivity contribution in [2.24, 2.45) is 0 Å². The molecule has 6 heteroatoms. The Labute approximate surface area is 130 Å². The van der Waals surface area contributed by atoms with Crippen LogP contribution in [0.2, 0.25) is 5.15 Å². The van der Waals surface area contributed by atoms with Crippen LogP contribution in [0.25, 0.3) is 11.0 Å². The second-order valence-corrected chi connectivity index (χ2v) is 5.64. The van der Waals surface area contributed by atoms with E-state index in [1.165, 1.54) is 17.4 Å². The number of amides is 1. The largest absolute Gasteiger partial charge is 0.312 e. The Hall–Kier alpha value is -2.11. The van der Waals surface area contributed by atoms with E-state index in [0.29, 0.717) is 10.8 Å². The minimum absolute atomic E-state index is 0.123. The third kappa shape index (κ3) is 2.70. The van der Waals surface area contributed by atoms with Crippen molar-refractivity contribution < 1.29 is 4.79 Å². The van der Waals surface area contributed by atoms with Crippen LogP contribution in [0, 0.1) is 0 Å². The number of carbonyl (C=O) groups excluding carboxylic acids is 1. The van der Waals surface area contributed by atoms with Gasteiger partial charge in [-0.25, -0.2) is 4.98 Å². The molecule has 106 valence electrons. The third-order valence-electron chi connectivity index (χ3n) is 3.11. The van der Waals surface area contributed by atoms with Crippen molar-refractivity contribution in [3.8, 4) is 0 Å². The molecule has 0 atom stereocenters. The standard InChI is InChI=1S/C15H12ClN3OS/c1-18(11-5-3-2-4-6-11)13(20)8-7-12-14(16)17-15-19(12)9-10-21-15/h2-10H,1H3/b8-7+. The zero-order valence-corrected chi connectivity index (χ0v) is 12.8. The van der Waals surface area contributed by atoms with Crippen LogP contribution in [0.1, 0.15) is 5.69 Å². The molecule has 0 aliphatic rings. The first kappa shape index (κ1) is 13.9. The zero-order chi connectivity index (χ0) is 14.8. The number of hydrogen-bond donors (Lipinski definition) is 0. The lowest BCUT2D eigenvalue weighted by molar-refractivity contribution is -0.113. The van der Waals surface area contributed by atoms with E-state index in [-0.39, 0.29) is 5.91 Å². The molecular weight excluding hydrogens is 306 g/mol. The molecule has 1 amide bonds. The summed E-state index contributed by atoms with van der Waals surface area (Å²) in [4.78, 5) is 18.8. The predicted molar refractivity (Wildman–Crippen MR) is 87.0 cm³/mol. The minimum Gasteiger partial charge on any atom is -0.312 e. The summed E-state index contributed by atoms with van der Waals surface area (Å²) in [7, 11) is 1.74. The molecule has 0 saturated carbocycles. The molecule has 0 aliphatic carbocycles. The number of benzene rings is 1. The van der Waals surface area contributed by atoms with E-state index < -0.39 is 0 Å². The monoisotopic (exact) mass is 317 g/mol. The number of halogens is 1. The average molecular weight is 318 g/mol. The lowest BCUT2D eigenvalue weighted by Gasteiger charge is -2.14. The highest BCUT2D eigenvalue weighted by atomic mass is 35.5. The van der Waals surface area contributed by atoms with Crippen molar-refractivity contribution in [3.63, 3.8) is 0 Å². The van der Waals surface area contributed by atoms with Crippen molar-refractivity contribution in [2.45, 2.75) is 0 Å². The number of carbonyl (C=O) groups is 1. The van der Waals surface area contributed by atoms with Crippen LogP contribution < -0.4 is 4.90 Å². The summed E-state index contributed by atoms with van der Waals surface area (Å²) in [6, 6.07) is 9.47. The zero-order valence-electron chi connectivity index (χ0n) is 11.2. The highest BCUT2D eigenvalue weighted by molar-refractivity contribution is 7.15. The van der Waals surface area contributed by atoms with Gasteiger partial charge in [-0.1, -0.05) is 29.8 Å². The van der Waals surface area contributed by atoms with E-state index in [1.807, 2.05) is 46.3 Å². The molecule has 4 nitrogen and oxygen atoms in total. The summed E-state index contributed by atoms with van der Waals surface area (Å²) < 4.78 is 1.86. The Kier molecular flexibility index (Phi) is 3.77. The first-order valence-electron chi connectivity index (χ1n) is 6.28. The van der Waals surface area contributed by atoms with Gasteiger partial charge in [0.15, 0.2) is 10.1 Å². The number of thiazole rings is 1. The molecule has 21 heavy (non-hydrogen) atoms. The Morgan fingerprint density at radius 1 is 1.38 bits per heavy atom. The van der Waals surface area contributed by atoms with Gasteiger partial charge < -0.3 is 4.90 Å². The second kappa shape index (κ2) is 5.71.